The molecular formula is C96H127Br2N9O15S2+4. The number of aliphatic carboxylic acids is 2. The van der Waals surface area contributed by atoms with Crippen LogP contribution in [0, 0.1) is 53.8 Å². The number of aryl methyl sites for hydroxylation is 4. The van der Waals surface area contributed by atoms with Crippen molar-refractivity contribution in [2.24, 2.45) is 16.8 Å². The van der Waals surface area contributed by atoms with E-state index in [4.69, 9.17) is 41.3 Å². The van der Waals surface area contributed by atoms with E-state index in [0.29, 0.717) is 6.42 Å². The molecule has 0 atom stereocenters. The Hall–Kier alpha value is -10.5. The number of carboxylic acids is 2. The lowest BCUT2D eigenvalue weighted by Gasteiger charge is -2.19. The molecule has 24 nitrogen and oxygen atoms in total. The van der Waals surface area contributed by atoms with Crippen molar-refractivity contribution in [1.82, 2.24) is 0 Å². The van der Waals surface area contributed by atoms with Crippen LogP contribution in [0.25, 0.3) is 0 Å². The molecule has 8 aromatic carbocycles. The Morgan fingerprint density at radius 3 is 1.20 bits per heavy atom. The molecule has 0 fully saturated rings. The number of carbonyl (C=O) groups excluding carboxylic acids is 1. The number of fused-ring (bicyclic) bond motifs is 5. The number of anilines is 1. The van der Waals surface area contributed by atoms with Crippen molar-refractivity contribution in [2.75, 3.05) is 17.3 Å². The highest BCUT2D eigenvalue weighted by Crippen LogP contribution is 2.43. The van der Waals surface area contributed by atoms with Gasteiger partial charge in [-0.3, -0.25) is 45.4 Å². The monoisotopic (exact) mass is 1870 g/mol. The van der Waals surface area contributed by atoms with E-state index in [9.17, 15) is 34.6 Å². The lowest BCUT2D eigenvalue weighted by atomic mass is 9.82. The highest BCUT2D eigenvalue weighted by molar-refractivity contribution is 9.09. The second kappa shape index (κ2) is 50.4. The van der Waals surface area contributed by atoms with Crippen molar-refractivity contribution in [3.63, 3.8) is 0 Å². The second-order valence-electron chi connectivity index (χ2n) is 33.6. The van der Waals surface area contributed by atoms with Crippen molar-refractivity contribution < 1.29 is 78.8 Å². The molecule has 28 heteroatoms. The number of non-ortho nitro benzene ring substituents is 2. The summed E-state index contributed by atoms with van der Waals surface area (Å²) in [6.07, 6.45) is 6.26. The lowest BCUT2D eigenvalue weighted by Crippen LogP contribution is -2.64. The van der Waals surface area contributed by atoms with Crippen molar-refractivity contribution in [3.8, 4) is 0 Å². The third kappa shape index (κ3) is 33.2. The van der Waals surface area contributed by atoms with Gasteiger partial charge in [0.05, 0.1) is 37.2 Å². The number of nitrogens with zero attached hydrogens (tertiary/aromatic N) is 5. The summed E-state index contributed by atoms with van der Waals surface area (Å²) in [4.78, 5) is 62.2. The molecule has 124 heavy (non-hydrogen) atoms. The van der Waals surface area contributed by atoms with Gasteiger partial charge in [-0.15, -0.1) is 25.3 Å². The number of carboxylic acid groups (broad SMARTS) is 2. The van der Waals surface area contributed by atoms with Crippen molar-refractivity contribution in [2.45, 2.75) is 243 Å². The van der Waals surface area contributed by atoms with Gasteiger partial charge in [-0.2, -0.15) is 9.15 Å². The predicted octanol–water partition coefficient (Wildman–Crippen LogP) is 19.2. The van der Waals surface area contributed by atoms with E-state index in [0.717, 1.165) is 84.8 Å². The van der Waals surface area contributed by atoms with E-state index >= 15 is 0 Å². The third-order valence-electron chi connectivity index (χ3n) is 22.7. The molecule has 0 spiro atoms. The first-order chi connectivity index (χ1) is 57.8. The molecule has 0 unspecified atom stereocenters. The number of para-hydroxylation sites is 2. The number of nitro benzene ring substituents is 2. The van der Waals surface area contributed by atoms with Gasteiger partial charge in [0.25, 0.3) is 11.4 Å². The van der Waals surface area contributed by atoms with Gasteiger partial charge in [0.15, 0.2) is 29.4 Å². The minimum atomic E-state index is -3.11. The van der Waals surface area contributed by atoms with Gasteiger partial charge in [0.1, 0.15) is 12.3 Å². The number of Topliss-reactive ketones (excluding diaryl/α,β-unsaturated/α-hetero) is 1. The number of carbonyl (C=O) groups is 3. The first-order valence-corrected chi connectivity index (χ1v) is 45.2. The lowest BCUT2D eigenvalue weighted by molar-refractivity contribution is -0.456. The summed E-state index contributed by atoms with van der Waals surface area (Å²) in [5.41, 5.74) is 31.4. The van der Waals surface area contributed by atoms with Gasteiger partial charge in [0, 0.05) is 157 Å². The third-order valence-corrected chi connectivity index (χ3v) is 23.9. The van der Waals surface area contributed by atoms with E-state index in [1.165, 1.54) is 114 Å². The second-order valence-corrected chi connectivity index (χ2v) is 35.8. The number of hydrazine groups is 1. The standard InChI is InChI=1S/C19H21N2O2.C18H25NO2.2C12H15N.C11H13N.C7H6BrNO2.C6H11BrO2.C6H8N2.C5H10O.2O3S/c1-13-5-10-18-17(11-13)19(3,4)14(2)20(18)12-15-6-8-16(9-7-15)21(22)23;1-13-9-10-16-15(12-13)18(3,4)14(2)19(16)11-7-5-6-8-17(20)21;2*1-8-5-6-11-10(7-8)12(3,4)9(2)13-11;1-8-11(2,3)9-6-4-5-7-10(9)12-8;8-5-6-1-3-7(4-2-6)9(10)11;7-5-3-1-2-4-6(8)9;7-8-6-4-2-1-3-5-6;1-4(2)5(3)6;2*1-4(2)3/h5-11H,12H2,1-4H3;9-10,12H,5-8,11H2,1-4H3;2*5-7H,1-4H3;4-7H,1-3H3;1-4H,5H2;1-5H2,(H,8,9);1-5,8H,7H2;4H,1-3H3;;/q+1;;;;;;;;;;/p+3. The Morgan fingerprint density at radius 2 is 0.839 bits per heavy atom. The largest absolute Gasteiger partial charge is 0.481 e. The molecule has 8 aromatic rings. The quantitative estimate of drug-likeness (QED) is 0.0116. The molecule has 5 aliphatic heterocycles. The molecule has 0 radical (unpaired) electrons. The van der Waals surface area contributed by atoms with E-state index < -0.39 is 38.1 Å². The zero-order valence-electron chi connectivity index (χ0n) is 75.9. The van der Waals surface area contributed by atoms with Gasteiger partial charge in [-0.1, -0.05) is 161 Å². The zero-order valence-corrected chi connectivity index (χ0v) is 80.7. The number of unbranched alkanes of at least 4 members (excludes halogenated alkanes) is 4. The molecule has 0 aliphatic carbocycles. The van der Waals surface area contributed by atoms with E-state index in [2.05, 4.69) is 284 Å². The number of aliphatic imine (C=N–C) groups is 1. The minimum Gasteiger partial charge on any atom is -0.481 e. The highest BCUT2D eigenvalue weighted by atomic mass is 79.9. The average molecular weight is 1870 g/mol. The Balaban J connectivity index is 0.000000365. The molecule has 668 valence electrons. The molecule has 7 N–H and O–H groups in total. The predicted molar refractivity (Wildman–Crippen MR) is 505 cm³/mol. The smallest absolute Gasteiger partial charge is 0.425 e. The van der Waals surface area contributed by atoms with Crippen LogP contribution in [-0.4, -0.2) is 113 Å². The van der Waals surface area contributed by atoms with Gasteiger partial charge in [0.2, 0.25) is 22.7 Å². The van der Waals surface area contributed by atoms with Crippen LogP contribution in [0.4, 0.5) is 45.5 Å². The van der Waals surface area contributed by atoms with Gasteiger partial charge in [-0.05, 0) is 188 Å². The normalized spacial score (nSPS) is 14.2. The summed E-state index contributed by atoms with van der Waals surface area (Å²) in [5, 5.41) is 39.6. The highest BCUT2D eigenvalue weighted by Gasteiger charge is 2.45. The molecule has 0 bridgehead atoms. The number of nitrogens with one attached hydrogen (secondary N) is 3. The van der Waals surface area contributed by atoms with Crippen LogP contribution in [-0.2, 0) is 74.6 Å². The Kier molecular flexibility index (Phi) is 43.8. The summed E-state index contributed by atoms with van der Waals surface area (Å²) in [6.45, 7) is 49.0. The Bertz CT molecular complexity index is 5300. The van der Waals surface area contributed by atoms with Gasteiger partial charge in [-0.25, -0.2) is 9.98 Å². The fourth-order valence-corrected chi connectivity index (χ4v) is 14.2. The molecule has 0 aromatic heterocycles. The van der Waals surface area contributed by atoms with E-state index in [-0.39, 0.29) is 61.5 Å². The Labute approximate surface area is 752 Å². The maximum atomic E-state index is 10.8. The fourth-order valence-electron chi connectivity index (χ4n) is 13.4. The number of hydrogen-bond donors (Lipinski definition) is 6. The van der Waals surface area contributed by atoms with Crippen LogP contribution in [0.2, 0.25) is 0 Å². The number of alkyl halides is 2. The number of hydrogen-bond acceptors (Lipinski definition) is 16. The van der Waals surface area contributed by atoms with Crippen LogP contribution in [0.5, 0.6) is 0 Å². The first kappa shape index (κ1) is 108. The number of rotatable bonds is 18. The zero-order chi connectivity index (χ0) is 93.9. The SMILES string of the molecule is CC(=O)C(C)C.CC1=Nc2ccccc2C1(C)C.CC1=[N+](CCCCCC(=O)O)c2ccc(C)cc2C1(C)C.CC1=[N+](Cc2ccc([N+](=O)[O-])cc2)c2ccc(C)cc2C1(C)C.CC1=[NH+]c2ccc(C)cc2C1(C)C.CC1=[NH+]c2ccc(C)cc2C1(C)C.NNc1ccccc1.O=C(O)CCCCCBr.O=S(=O)=O.O=S(=O)=O.O=[N+]([O-])c1ccc(CBr)cc1. The fraction of sp³-hybridized carbons (Fsp3) is 0.417. The number of benzene rings is 8. The van der Waals surface area contributed by atoms with Crippen molar-refractivity contribution in [1.29, 1.82) is 0 Å². The topological polar surface area (TPSA) is 365 Å². The summed E-state index contributed by atoms with van der Waals surface area (Å²) >= 11 is 6.52. The molecule has 0 amide bonds. The van der Waals surface area contributed by atoms with E-state index in [1.807, 2.05) is 62.4 Å². The number of nitrogen functional groups attached to an aromatic ring is 1. The number of nitrogens with two attached hydrogens (primary N) is 1. The average Bonchev–Trinajstić information content (AvgIpc) is 1.59. The van der Waals surface area contributed by atoms with E-state index in [1.54, 1.807) is 31.2 Å². The first-order valence-electron chi connectivity index (χ1n) is 41.0. The summed E-state index contributed by atoms with van der Waals surface area (Å²) in [7, 11) is -6.22. The minimum absolute atomic E-state index is 0.00211. The summed E-state index contributed by atoms with van der Waals surface area (Å²) < 4.78 is 55.4. The van der Waals surface area contributed by atoms with Gasteiger partial charge >= 0.3 is 33.2 Å². The summed E-state index contributed by atoms with van der Waals surface area (Å²) in [5.74, 6) is 4.19. The molecule has 5 aliphatic rings. The van der Waals surface area contributed by atoms with Crippen molar-refractivity contribution >= 4 is 145 Å². The molecule has 5 heterocycles. The molecular weight excluding hydrogens is 1740 g/mol. The van der Waals surface area contributed by atoms with Crippen molar-refractivity contribution in [3.05, 3.63) is 257 Å². The maximum absolute atomic E-state index is 10.8. The molecule has 0 saturated carbocycles. The van der Waals surface area contributed by atoms with Crippen LogP contribution in [0.3, 0.4) is 0 Å². The van der Waals surface area contributed by atoms with Crippen LogP contribution >= 0.6 is 31.9 Å². The number of nitro groups is 2. The molecule has 0 saturated heterocycles. The molecule has 13 rings (SSSR count). The van der Waals surface area contributed by atoms with Crippen LogP contribution < -0.4 is 21.3 Å². The summed E-state index contributed by atoms with van der Waals surface area (Å²) in [6, 6.07) is 57.7. The number of halogens is 2. The van der Waals surface area contributed by atoms with Gasteiger partial charge < -0.3 is 15.6 Å². The van der Waals surface area contributed by atoms with Crippen LogP contribution in [0.15, 0.2) is 181 Å². The maximum Gasteiger partial charge on any atom is 0.425 e. The Morgan fingerprint density at radius 1 is 0.476 bits per heavy atom. The number of ketones is 1. The van der Waals surface area contributed by atoms with Crippen LogP contribution in [0.1, 0.15) is 237 Å².